The molecule has 1 heterocycles. The van der Waals surface area contributed by atoms with Gasteiger partial charge in [0.15, 0.2) is 0 Å². The Kier molecular flexibility index (Phi) is 4.92. The Bertz CT molecular complexity index is 643. The van der Waals surface area contributed by atoms with Crippen LogP contribution in [0.2, 0.25) is 0 Å². The van der Waals surface area contributed by atoms with Gasteiger partial charge in [-0.2, -0.15) is 0 Å². The maximum absolute atomic E-state index is 12.1. The fourth-order valence-corrected chi connectivity index (χ4v) is 3.26. The lowest BCUT2D eigenvalue weighted by molar-refractivity contribution is -0.194. The van der Waals surface area contributed by atoms with Crippen LogP contribution in [0.1, 0.15) is 52.5 Å². The quantitative estimate of drug-likeness (QED) is 0.807. The molecule has 1 saturated heterocycles. The summed E-state index contributed by atoms with van der Waals surface area (Å²) < 4.78 is 12.1. The number of alkyl carbamates (subject to hydrolysis) is 1. The van der Waals surface area contributed by atoms with Gasteiger partial charge in [-0.05, 0) is 43.1 Å². The molecule has 0 bridgehead atoms. The third-order valence-corrected chi connectivity index (χ3v) is 4.73. The van der Waals surface area contributed by atoms with Crippen LogP contribution in [0.3, 0.4) is 0 Å². The van der Waals surface area contributed by atoms with Gasteiger partial charge in [-0.3, -0.25) is 5.32 Å². The lowest BCUT2D eigenvalue weighted by Crippen LogP contribution is -2.40. The van der Waals surface area contributed by atoms with Crippen molar-refractivity contribution in [2.45, 2.75) is 65.3 Å². The maximum atomic E-state index is 12.1. The number of carbonyl (C=O) groups excluding carboxylic acids is 1. The van der Waals surface area contributed by atoms with Crippen LogP contribution in [-0.4, -0.2) is 18.0 Å². The van der Waals surface area contributed by atoms with E-state index in [-0.39, 0.29) is 11.5 Å². The summed E-state index contributed by atoms with van der Waals surface area (Å²) in [6.45, 7) is 8.41. The van der Waals surface area contributed by atoms with Crippen molar-refractivity contribution >= 4 is 6.09 Å². The number of nitrogens with one attached hydrogen (secondary N) is 1. The predicted molar refractivity (Wildman–Crippen MR) is 97.9 cm³/mol. The van der Waals surface area contributed by atoms with E-state index in [1.165, 1.54) is 18.4 Å². The molecule has 0 aromatic heterocycles. The molecule has 2 unspecified atom stereocenters. The van der Waals surface area contributed by atoms with Gasteiger partial charge < -0.3 is 9.47 Å². The summed E-state index contributed by atoms with van der Waals surface area (Å²) in [7, 11) is 0. The molecule has 1 aliphatic carbocycles. The Hall–Kier alpha value is -1.81. The number of hydrogen-bond acceptors (Lipinski definition) is 3. The van der Waals surface area contributed by atoms with Gasteiger partial charge in [0, 0.05) is 6.42 Å². The zero-order chi connectivity index (χ0) is 18.1. The molecule has 3 rings (SSSR count). The third-order valence-electron chi connectivity index (χ3n) is 4.73. The lowest BCUT2D eigenvalue weighted by atomic mass is 9.92. The predicted octanol–water partition coefficient (Wildman–Crippen LogP) is 4.80. The van der Waals surface area contributed by atoms with E-state index in [0.29, 0.717) is 12.3 Å². The molecule has 2 aliphatic rings. The second kappa shape index (κ2) is 6.83. The van der Waals surface area contributed by atoms with Crippen LogP contribution in [0.25, 0.3) is 0 Å². The first-order valence-electron chi connectivity index (χ1n) is 9.22. The Labute approximate surface area is 150 Å². The molecule has 4 nitrogen and oxygen atoms in total. The average molecular weight is 343 g/mol. The van der Waals surface area contributed by atoms with Gasteiger partial charge in [-0.25, -0.2) is 4.79 Å². The zero-order valence-corrected chi connectivity index (χ0v) is 15.7. The summed E-state index contributed by atoms with van der Waals surface area (Å²) in [5, 5.41) is 2.88. The van der Waals surface area contributed by atoms with E-state index in [1.54, 1.807) is 0 Å². The van der Waals surface area contributed by atoms with Crippen molar-refractivity contribution in [2.75, 3.05) is 0 Å². The number of cyclic esters (lactones) is 1. The van der Waals surface area contributed by atoms with Gasteiger partial charge in [0.2, 0.25) is 0 Å². The molecule has 0 spiro atoms. The van der Waals surface area contributed by atoms with Crippen molar-refractivity contribution in [1.82, 2.24) is 5.32 Å². The van der Waals surface area contributed by atoms with Crippen LogP contribution in [0.4, 0.5) is 4.79 Å². The van der Waals surface area contributed by atoms with Gasteiger partial charge in [0.25, 0.3) is 5.79 Å². The van der Waals surface area contributed by atoms with Gasteiger partial charge in [0.05, 0.1) is 11.8 Å². The Morgan fingerprint density at radius 2 is 2.00 bits per heavy atom. The monoisotopic (exact) mass is 343 g/mol. The second-order valence-electron chi connectivity index (χ2n) is 8.34. The number of carbonyl (C=O) groups is 1. The molecule has 25 heavy (non-hydrogen) atoms. The zero-order valence-electron chi connectivity index (χ0n) is 15.7. The van der Waals surface area contributed by atoms with Crippen molar-refractivity contribution < 1.29 is 14.3 Å². The first kappa shape index (κ1) is 18.0. The highest BCUT2D eigenvalue weighted by Crippen LogP contribution is 2.41. The molecule has 1 N–H and O–H groups in total. The summed E-state index contributed by atoms with van der Waals surface area (Å²) in [6, 6.07) is 10.2. The molecule has 4 heteroatoms. The number of benzene rings is 1. The van der Waals surface area contributed by atoms with Crippen LogP contribution in [0, 0.1) is 11.3 Å². The topological polar surface area (TPSA) is 47.6 Å². The van der Waals surface area contributed by atoms with Crippen LogP contribution >= 0.6 is 0 Å². The Morgan fingerprint density at radius 1 is 1.32 bits per heavy atom. The fourth-order valence-electron chi connectivity index (χ4n) is 3.26. The first-order valence-corrected chi connectivity index (χ1v) is 9.22. The maximum Gasteiger partial charge on any atom is 0.414 e. The highest BCUT2D eigenvalue weighted by molar-refractivity contribution is 5.74. The van der Waals surface area contributed by atoms with Crippen LogP contribution < -0.4 is 5.32 Å². The van der Waals surface area contributed by atoms with Crippen LogP contribution in [0.15, 0.2) is 42.1 Å². The minimum Gasteiger partial charge on any atom is -0.411 e. The first-order chi connectivity index (χ1) is 11.8. The molecular formula is C21H29NO3. The van der Waals surface area contributed by atoms with Crippen LogP contribution in [0.5, 0.6) is 0 Å². The van der Waals surface area contributed by atoms with E-state index >= 15 is 0 Å². The minimum atomic E-state index is -1.01. The molecule has 1 amide bonds. The molecular weight excluding hydrogens is 314 g/mol. The molecule has 1 saturated carbocycles. The van der Waals surface area contributed by atoms with Crippen molar-refractivity contribution in [3.63, 3.8) is 0 Å². The number of hydrogen-bond donors (Lipinski definition) is 1. The summed E-state index contributed by atoms with van der Waals surface area (Å²) in [6.07, 6.45) is 5.48. The third kappa shape index (κ3) is 4.63. The molecule has 1 aromatic carbocycles. The molecule has 1 aromatic rings. The standard InChI is InChI=1S/C21H29NO3/c1-15(17-10-11-17)24-21(13-12-16-8-6-5-7-9-16)18(14-20(2,3)4)22-19(23)25-21/h5-9,14-15,17H,10-13H2,1-4H3,(H,22,23)/b18-14-. The van der Waals surface area contributed by atoms with Gasteiger partial charge in [0.1, 0.15) is 0 Å². The van der Waals surface area contributed by atoms with Crippen molar-refractivity contribution in [2.24, 2.45) is 11.3 Å². The molecule has 2 fully saturated rings. The smallest absolute Gasteiger partial charge is 0.411 e. The largest absolute Gasteiger partial charge is 0.414 e. The molecule has 2 atom stereocenters. The SMILES string of the molecule is CC(OC1(CCc2ccccc2)OC(=O)N/C1=C\C(C)(C)C)C1CC1. The van der Waals surface area contributed by atoms with E-state index in [0.717, 1.165) is 12.1 Å². The summed E-state index contributed by atoms with van der Waals surface area (Å²) in [4.78, 5) is 12.1. The molecule has 1 aliphatic heterocycles. The van der Waals surface area contributed by atoms with Gasteiger partial charge >= 0.3 is 6.09 Å². The lowest BCUT2D eigenvalue weighted by Gasteiger charge is -2.32. The van der Waals surface area contributed by atoms with E-state index < -0.39 is 11.9 Å². The molecule has 136 valence electrons. The van der Waals surface area contributed by atoms with Crippen molar-refractivity contribution in [3.05, 3.63) is 47.7 Å². The summed E-state index contributed by atoms with van der Waals surface area (Å²) in [5.41, 5.74) is 1.87. The summed E-state index contributed by atoms with van der Waals surface area (Å²) >= 11 is 0. The van der Waals surface area contributed by atoms with E-state index in [1.807, 2.05) is 18.2 Å². The Morgan fingerprint density at radius 3 is 2.60 bits per heavy atom. The molecule has 0 radical (unpaired) electrons. The fraction of sp³-hybridized carbons (Fsp3) is 0.571. The van der Waals surface area contributed by atoms with E-state index in [9.17, 15) is 4.79 Å². The van der Waals surface area contributed by atoms with Crippen molar-refractivity contribution in [3.8, 4) is 0 Å². The highest BCUT2D eigenvalue weighted by Gasteiger charge is 2.49. The number of ether oxygens (including phenoxy) is 2. The summed E-state index contributed by atoms with van der Waals surface area (Å²) in [5.74, 6) is -0.439. The number of rotatable bonds is 6. The Balaban J connectivity index is 1.86. The van der Waals surface area contributed by atoms with Crippen LogP contribution in [-0.2, 0) is 15.9 Å². The van der Waals surface area contributed by atoms with E-state index in [2.05, 4.69) is 51.2 Å². The minimum absolute atomic E-state index is 0.0758. The van der Waals surface area contributed by atoms with Crippen molar-refractivity contribution in [1.29, 1.82) is 0 Å². The number of aryl methyl sites for hydroxylation is 1. The number of allylic oxidation sites excluding steroid dienone is 1. The second-order valence-corrected chi connectivity index (χ2v) is 8.34. The number of amides is 1. The van der Waals surface area contributed by atoms with Gasteiger partial charge in [-0.1, -0.05) is 57.2 Å². The highest BCUT2D eigenvalue weighted by atomic mass is 16.7. The van der Waals surface area contributed by atoms with E-state index in [4.69, 9.17) is 9.47 Å². The average Bonchev–Trinajstić information content (AvgIpc) is 3.32. The normalized spacial score (nSPS) is 26.4. The van der Waals surface area contributed by atoms with Gasteiger partial charge in [-0.15, -0.1) is 0 Å².